The number of rotatable bonds is 3. The number of carbonyl (C=O) groups is 2. The highest BCUT2D eigenvalue weighted by Crippen LogP contribution is 2.35. The number of hydrogen-bond acceptors (Lipinski definition) is 5. The monoisotopic (exact) mass is 254 g/mol. The average Bonchev–Trinajstić information content (AvgIpc) is 2.27. The largest absolute Gasteiger partial charge is 0.507 e. The van der Waals surface area contributed by atoms with Crippen LogP contribution in [0.25, 0.3) is 0 Å². The summed E-state index contributed by atoms with van der Waals surface area (Å²) in [6.45, 7) is 5.98. The Labute approximate surface area is 106 Å². The lowest BCUT2D eigenvalue weighted by molar-refractivity contribution is -0.135. The van der Waals surface area contributed by atoms with Crippen LogP contribution in [0.2, 0.25) is 0 Å². The second-order valence-corrected chi connectivity index (χ2v) is 4.80. The molecule has 100 valence electrons. The van der Waals surface area contributed by atoms with Crippen LogP contribution in [0.1, 0.15) is 27.7 Å². The molecule has 18 heavy (non-hydrogen) atoms. The van der Waals surface area contributed by atoms with E-state index in [1.165, 1.54) is 21.0 Å². The third-order valence-corrected chi connectivity index (χ3v) is 3.02. The van der Waals surface area contributed by atoms with Gasteiger partial charge >= 0.3 is 0 Å². The number of Topliss-reactive ketones (excluding diaryl/α,β-unsaturated/α-hetero) is 2. The molecule has 0 saturated carbocycles. The highest BCUT2D eigenvalue weighted by Gasteiger charge is 2.47. The van der Waals surface area contributed by atoms with Gasteiger partial charge in [0.05, 0.1) is 7.11 Å². The average molecular weight is 254 g/mol. The van der Waals surface area contributed by atoms with Crippen molar-refractivity contribution in [3.63, 3.8) is 0 Å². The third kappa shape index (κ3) is 1.95. The van der Waals surface area contributed by atoms with Crippen LogP contribution in [-0.4, -0.2) is 34.5 Å². The molecule has 0 saturated heterocycles. The first-order chi connectivity index (χ1) is 8.16. The highest BCUT2D eigenvalue weighted by molar-refractivity contribution is 6.25. The maximum Gasteiger partial charge on any atom is 0.209 e. The van der Waals surface area contributed by atoms with Gasteiger partial charge in [0.15, 0.2) is 11.4 Å². The Morgan fingerprint density at radius 1 is 1.39 bits per heavy atom. The molecule has 0 amide bonds. The van der Waals surface area contributed by atoms with E-state index in [0.717, 1.165) is 0 Å². The predicted molar refractivity (Wildman–Crippen MR) is 64.8 cm³/mol. The molecule has 0 bridgehead atoms. The molecule has 1 aliphatic carbocycles. The van der Waals surface area contributed by atoms with Gasteiger partial charge < -0.3 is 14.9 Å². The van der Waals surface area contributed by atoms with Crippen LogP contribution < -0.4 is 0 Å². The van der Waals surface area contributed by atoms with Gasteiger partial charge in [0, 0.05) is 11.5 Å². The smallest absolute Gasteiger partial charge is 0.209 e. The summed E-state index contributed by atoms with van der Waals surface area (Å²) in [5, 5.41) is 20.1. The predicted octanol–water partition coefficient (Wildman–Crippen LogP) is 1.28. The number of hydrogen-bond donors (Lipinski definition) is 2. The van der Waals surface area contributed by atoms with Crippen LogP contribution in [-0.2, 0) is 14.3 Å². The second kappa shape index (κ2) is 4.57. The molecular weight excluding hydrogens is 236 g/mol. The van der Waals surface area contributed by atoms with Crippen LogP contribution >= 0.6 is 0 Å². The topological polar surface area (TPSA) is 83.8 Å². The molecule has 0 aromatic rings. The van der Waals surface area contributed by atoms with Crippen LogP contribution in [0.15, 0.2) is 22.7 Å². The molecule has 0 aliphatic heterocycles. The van der Waals surface area contributed by atoms with E-state index >= 15 is 0 Å². The minimum absolute atomic E-state index is 0.0368. The zero-order valence-electron chi connectivity index (χ0n) is 11.2. The maximum absolute atomic E-state index is 12.1. The highest BCUT2D eigenvalue weighted by atomic mass is 16.5. The Balaban J connectivity index is 3.52. The molecule has 0 aromatic carbocycles. The number of aliphatic hydroxyl groups excluding tert-OH is 1. The summed E-state index contributed by atoms with van der Waals surface area (Å²) in [4.78, 5) is 24.0. The fourth-order valence-corrected chi connectivity index (χ4v) is 1.98. The lowest BCUT2D eigenvalue weighted by Crippen LogP contribution is -2.45. The van der Waals surface area contributed by atoms with Crippen molar-refractivity contribution in [3.8, 4) is 0 Å². The third-order valence-electron chi connectivity index (χ3n) is 3.02. The summed E-state index contributed by atoms with van der Waals surface area (Å²) in [6, 6.07) is 0. The first kappa shape index (κ1) is 14.4. The maximum atomic E-state index is 12.1. The fraction of sp³-hybridized carbons (Fsp3) is 0.538. The lowest BCUT2D eigenvalue weighted by Gasteiger charge is -2.31. The van der Waals surface area contributed by atoms with Crippen molar-refractivity contribution in [2.24, 2.45) is 5.92 Å². The Morgan fingerprint density at radius 3 is 2.28 bits per heavy atom. The van der Waals surface area contributed by atoms with Gasteiger partial charge in [-0.1, -0.05) is 13.8 Å². The summed E-state index contributed by atoms with van der Waals surface area (Å²) in [5.41, 5.74) is -2.08. The molecule has 1 atom stereocenters. The Kier molecular flexibility index (Phi) is 3.67. The second-order valence-electron chi connectivity index (χ2n) is 4.80. The van der Waals surface area contributed by atoms with Gasteiger partial charge in [-0.3, -0.25) is 9.59 Å². The molecule has 2 N–H and O–H groups in total. The summed E-state index contributed by atoms with van der Waals surface area (Å²) < 4.78 is 4.95. The quantitative estimate of drug-likeness (QED) is 0.741. The molecule has 1 aliphatic rings. The molecule has 0 aromatic heterocycles. The van der Waals surface area contributed by atoms with E-state index in [9.17, 15) is 19.8 Å². The van der Waals surface area contributed by atoms with Crippen LogP contribution in [0.4, 0.5) is 0 Å². The lowest BCUT2D eigenvalue weighted by atomic mass is 9.80. The van der Waals surface area contributed by atoms with Crippen LogP contribution in [0.5, 0.6) is 0 Å². The van der Waals surface area contributed by atoms with Gasteiger partial charge in [0.1, 0.15) is 17.1 Å². The van der Waals surface area contributed by atoms with Crippen molar-refractivity contribution >= 4 is 11.6 Å². The minimum Gasteiger partial charge on any atom is -0.507 e. The zero-order chi connectivity index (χ0) is 14.2. The van der Waals surface area contributed by atoms with Gasteiger partial charge in [-0.05, 0) is 13.8 Å². The van der Waals surface area contributed by atoms with Crippen molar-refractivity contribution in [3.05, 3.63) is 22.7 Å². The van der Waals surface area contributed by atoms with E-state index < -0.39 is 28.8 Å². The Bertz CT molecular complexity index is 466. The van der Waals surface area contributed by atoms with E-state index in [0.29, 0.717) is 0 Å². The van der Waals surface area contributed by atoms with Crippen LogP contribution in [0.3, 0.4) is 0 Å². The molecular formula is C13H18O5. The van der Waals surface area contributed by atoms with Gasteiger partial charge in [0.2, 0.25) is 5.78 Å². The van der Waals surface area contributed by atoms with E-state index in [1.807, 2.05) is 0 Å². The number of ether oxygens (including phenoxy) is 1. The summed E-state index contributed by atoms with van der Waals surface area (Å²) in [5.74, 6) is -2.22. The number of ketones is 2. The summed E-state index contributed by atoms with van der Waals surface area (Å²) in [7, 11) is 1.29. The first-order valence-corrected chi connectivity index (χ1v) is 5.66. The molecule has 5 heteroatoms. The SMILES string of the molecule is COC1=C(C)C(O)=C(C(=O)C(C)C)C(=O)C1(C)O. The van der Waals surface area contributed by atoms with Crippen molar-refractivity contribution in [1.29, 1.82) is 0 Å². The van der Waals surface area contributed by atoms with E-state index in [4.69, 9.17) is 4.74 Å². The Hall–Kier alpha value is -1.62. The van der Waals surface area contributed by atoms with Crippen molar-refractivity contribution < 1.29 is 24.5 Å². The van der Waals surface area contributed by atoms with Gasteiger partial charge in [-0.25, -0.2) is 0 Å². The molecule has 1 unspecified atom stereocenters. The number of methoxy groups -OCH3 is 1. The van der Waals surface area contributed by atoms with Crippen molar-refractivity contribution in [1.82, 2.24) is 0 Å². The molecule has 0 heterocycles. The van der Waals surface area contributed by atoms with E-state index in [-0.39, 0.29) is 16.9 Å². The summed E-state index contributed by atoms with van der Waals surface area (Å²) >= 11 is 0. The number of carbonyl (C=O) groups excluding carboxylic acids is 2. The number of aliphatic hydroxyl groups is 2. The molecule has 0 radical (unpaired) electrons. The minimum atomic E-state index is -1.93. The number of allylic oxidation sites excluding steroid dienone is 1. The van der Waals surface area contributed by atoms with E-state index in [1.54, 1.807) is 13.8 Å². The molecule has 0 spiro atoms. The molecule has 5 nitrogen and oxygen atoms in total. The van der Waals surface area contributed by atoms with Crippen molar-refractivity contribution in [2.75, 3.05) is 7.11 Å². The van der Waals surface area contributed by atoms with Gasteiger partial charge in [0.25, 0.3) is 0 Å². The standard InChI is InChI=1S/C13H18O5/c1-6(2)9(14)8-10(15)7(3)12(18-5)13(4,17)11(8)16/h6,15,17H,1-5H3. The fourth-order valence-electron chi connectivity index (χ4n) is 1.98. The summed E-state index contributed by atoms with van der Waals surface area (Å²) in [6.07, 6.45) is 0. The van der Waals surface area contributed by atoms with E-state index in [2.05, 4.69) is 0 Å². The van der Waals surface area contributed by atoms with Crippen LogP contribution in [0, 0.1) is 5.92 Å². The molecule has 1 rings (SSSR count). The van der Waals surface area contributed by atoms with Crippen molar-refractivity contribution in [2.45, 2.75) is 33.3 Å². The Morgan fingerprint density at radius 2 is 1.89 bits per heavy atom. The van der Waals surface area contributed by atoms with Gasteiger partial charge in [-0.2, -0.15) is 0 Å². The molecule has 0 fully saturated rings. The first-order valence-electron chi connectivity index (χ1n) is 5.66. The zero-order valence-corrected chi connectivity index (χ0v) is 11.2. The normalized spacial score (nSPS) is 24.9. The van der Waals surface area contributed by atoms with Gasteiger partial charge in [-0.15, -0.1) is 0 Å².